The summed E-state index contributed by atoms with van der Waals surface area (Å²) in [4.78, 5) is 19.7. The zero-order valence-electron chi connectivity index (χ0n) is 11.4. The van der Waals surface area contributed by atoms with E-state index in [9.17, 15) is 4.79 Å². The lowest BCUT2D eigenvalue weighted by atomic mass is 10.2. The third kappa shape index (κ3) is 3.14. The first-order chi connectivity index (χ1) is 10.1. The molecule has 3 rings (SSSR count). The van der Waals surface area contributed by atoms with Crippen LogP contribution < -0.4 is 0 Å². The number of aromatic nitrogens is 1. The molecule has 2 heterocycles. The third-order valence-electron chi connectivity index (χ3n) is 3.19. The maximum Gasteiger partial charge on any atom is 0.272 e. The van der Waals surface area contributed by atoms with Crippen molar-refractivity contribution in [2.24, 2.45) is 0 Å². The van der Waals surface area contributed by atoms with E-state index >= 15 is 0 Å². The zero-order chi connectivity index (χ0) is 14.8. The van der Waals surface area contributed by atoms with Crippen LogP contribution in [0.15, 0.2) is 52.3 Å². The van der Waals surface area contributed by atoms with E-state index in [-0.39, 0.29) is 5.91 Å². The van der Waals surface area contributed by atoms with Gasteiger partial charge in [0.1, 0.15) is 5.69 Å². The minimum Gasteiger partial charge on any atom is -0.335 e. The molecule has 1 amide bonds. The van der Waals surface area contributed by atoms with Crippen LogP contribution in [0.2, 0.25) is 0 Å². The number of fused-ring (bicyclic) bond motifs is 1. The normalized spacial score (nSPS) is 10.8. The number of carbonyl (C=O) groups excluding carboxylic acids is 1. The molecule has 0 unspecified atom stereocenters. The Bertz CT molecular complexity index is 800. The lowest BCUT2D eigenvalue weighted by Gasteiger charge is -2.15. The van der Waals surface area contributed by atoms with Gasteiger partial charge in [0, 0.05) is 17.3 Å². The highest BCUT2D eigenvalue weighted by molar-refractivity contribution is 9.11. The van der Waals surface area contributed by atoms with Crippen LogP contribution in [0, 0.1) is 0 Å². The number of nitrogens with zero attached hydrogens (tertiary/aromatic N) is 2. The Labute approximate surface area is 135 Å². The molecule has 106 valence electrons. The number of carbonyl (C=O) groups is 1. The Morgan fingerprint density at radius 3 is 2.76 bits per heavy atom. The summed E-state index contributed by atoms with van der Waals surface area (Å²) in [6.45, 7) is 0.587. The second kappa shape index (κ2) is 5.95. The molecule has 0 bridgehead atoms. The van der Waals surface area contributed by atoms with E-state index in [0.29, 0.717) is 12.2 Å². The Kier molecular flexibility index (Phi) is 4.03. The summed E-state index contributed by atoms with van der Waals surface area (Å²) in [5.74, 6) is -0.0646. The molecule has 21 heavy (non-hydrogen) atoms. The Morgan fingerprint density at radius 1 is 1.19 bits per heavy atom. The van der Waals surface area contributed by atoms with Gasteiger partial charge in [-0.2, -0.15) is 0 Å². The van der Waals surface area contributed by atoms with Crippen molar-refractivity contribution in [2.75, 3.05) is 7.05 Å². The van der Waals surface area contributed by atoms with Gasteiger partial charge in [0.15, 0.2) is 0 Å². The van der Waals surface area contributed by atoms with Gasteiger partial charge in [0.2, 0.25) is 0 Å². The van der Waals surface area contributed by atoms with Crippen molar-refractivity contribution in [2.45, 2.75) is 6.54 Å². The van der Waals surface area contributed by atoms with Crippen molar-refractivity contribution < 1.29 is 4.79 Å². The molecular weight excluding hydrogens is 348 g/mol. The molecule has 1 aromatic carbocycles. The topological polar surface area (TPSA) is 33.2 Å². The van der Waals surface area contributed by atoms with Gasteiger partial charge in [-0.15, -0.1) is 11.3 Å². The van der Waals surface area contributed by atoms with E-state index in [2.05, 4.69) is 20.9 Å². The molecule has 0 N–H and O–H groups in total. The van der Waals surface area contributed by atoms with Gasteiger partial charge in [-0.05, 0) is 40.2 Å². The average Bonchev–Trinajstić information content (AvgIpc) is 2.91. The van der Waals surface area contributed by atoms with Gasteiger partial charge in [0.05, 0.1) is 15.8 Å². The van der Waals surface area contributed by atoms with Crippen molar-refractivity contribution in [1.29, 1.82) is 0 Å². The first-order valence-electron chi connectivity index (χ1n) is 6.49. The predicted molar refractivity (Wildman–Crippen MR) is 89.6 cm³/mol. The molecule has 5 heteroatoms. The first-order valence-corrected chi connectivity index (χ1v) is 8.10. The quantitative estimate of drug-likeness (QED) is 0.696. The number of hydrogen-bond acceptors (Lipinski definition) is 3. The highest BCUT2D eigenvalue weighted by Gasteiger charge is 2.14. The Morgan fingerprint density at radius 2 is 2.00 bits per heavy atom. The van der Waals surface area contributed by atoms with Crippen LogP contribution in [0.5, 0.6) is 0 Å². The smallest absolute Gasteiger partial charge is 0.272 e. The van der Waals surface area contributed by atoms with Crippen LogP contribution in [0.3, 0.4) is 0 Å². The summed E-state index contributed by atoms with van der Waals surface area (Å²) < 4.78 is 1.07. The Hall–Kier alpha value is -1.72. The van der Waals surface area contributed by atoms with Crippen LogP contribution in [0.1, 0.15) is 15.4 Å². The lowest BCUT2D eigenvalue weighted by molar-refractivity contribution is 0.0781. The second-order valence-electron chi connectivity index (χ2n) is 4.76. The standard InChI is InChI=1S/C16H13BrN2OS/c1-19(10-12-7-9-15(17)21-12)16(20)14-8-6-11-4-2-3-5-13(11)18-14/h2-9H,10H2,1H3. The molecule has 0 aliphatic heterocycles. The van der Waals surface area contributed by atoms with E-state index in [0.717, 1.165) is 19.6 Å². The number of benzene rings is 1. The minimum atomic E-state index is -0.0646. The molecule has 0 spiro atoms. The van der Waals surface area contributed by atoms with Crippen LogP contribution in [0.4, 0.5) is 0 Å². The minimum absolute atomic E-state index is 0.0646. The predicted octanol–water partition coefficient (Wildman–Crippen LogP) is 4.33. The van der Waals surface area contributed by atoms with Crippen LogP contribution in [-0.2, 0) is 6.54 Å². The lowest BCUT2D eigenvalue weighted by Crippen LogP contribution is -2.26. The van der Waals surface area contributed by atoms with Crippen LogP contribution in [0.25, 0.3) is 10.9 Å². The summed E-state index contributed by atoms with van der Waals surface area (Å²) in [5.41, 5.74) is 1.32. The van der Waals surface area contributed by atoms with Crippen molar-refractivity contribution in [1.82, 2.24) is 9.88 Å². The summed E-state index contributed by atoms with van der Waals surface area (Å²) in [7, 11) is 1.80. The third-order valence-corrected chi connectivity index (χ3v) is 4.79. The summed E-state index contributed by atoms with van der Waals surface area (Å²) >= 11 is 5.07. The number of pyridine rings is 1. The van der Waals surface area contributed by atoms with E-state index in [1.807, 2.05) is 42.5 Å². The fraction of sp³-hybridized carbons (Fsp3) is 0.125. The number of amides is 1. The summed E-state index contributed by atoms with van der Waals surface area (Å²) in [6.07, 6.45) is 0. The molecule has 3 nitrogen and oxygen atoms in total. The first kappa shape index (κ1) is 14.2. The van der Waals surface area contributed by atoms with Crippen molar-refractivity contribution in [3.05, 3.63) is 62.9 Å². The van der Waals surface area contributed by atoms with E-state index in [4.69, 9.17) is 0 Å². The van der Waals surface area contributed by atoms with Gasteiger partial charge < -0.3 is 4.90 Å². The largest absolute Gasteiger partial charge is 0.335 e. The molecule has 0 atom stereocenters. The molecule has 3 aromatic rings. The number of rotatable bonds is 3. The van der Waals surface area contributed by atoms with Gasteiger partial charge in [-0.3, -0.25) is 4.79 Å². The zero-order valence-corrected chi connectivity index (χ0v) is 13.8. The number of thiophene rings is 1. The highest BCUT2D eigenvalue weighted by atomic mass is 79.9. The SMILES string of the molecule is CN(Cc1ccc(Br)s1)C(=O)c1ccc2ccccc2n1. The fourth-order valence-electron chi connectivity index (χ4n) is 2.12. The Balaban J connectivity index is 1.82. The van der Waals surface area contributed by atoms with Crippen molar-refractivity contribution in [3.8, 4) is 0 Å². The molecule has 0 saturated heterocycles. The fourth-order valence-corrected chi connectivity index (χ4v) is 3.66. The molecule has 0 fully saturated rings. The monoisotopic (exact) mass is 360 g/mol. The molecular formula is C16H13BrN2OS. The van der Waals surface area contributed by atoms with Gasteiger partial charge in [0.25, 0.3) is 5.91 Å². The second-order valence-corrected chi connectivity index (χ2v) is 7.30. The average molecular weight is 361 g/mol. The van der Waals surface area contributed by atoms with Crippen molar-refractivity contribution >= 4 is 44.1 Å². The maximum absolute atomic E-state index is 12.5. The number of para-hydroxylation sites is 1. The number of halogens is 1. The van der Waals surface area contributed by atoms with E-state index in [1.54, 1.807) is 29.4 Å². The van der Waals surface area contributed by atoms with Gasteiger partial charge >= 0.3 is 0 Å². The molecule has 0 aliphatic rings. The van der Waals surface area contributed by atoms with Crippen LogP contribution in [-0.4, -0.2) is 22.8 Å². The molecule has 2 aromatic heterocycles. The highest BCUT2D eigenvalue weighted by Crippen LogP contribution is 2.23. The van der Waals surface area contributed by atoms with Gasteiger partial charge in [-0.25, -0.2) is 4.98 Å². The summed E-state index contributed by atoms with van der Waals surface area (Å²) in [6, 6.07) is 15.5. The molecule has 0 aliphatic carbocycles. The van der Waals surface area contributed by atoms with Crippen molar-refractivity contribution in [3.63, 3.8) is 0 Å². The van der Waals surface area contributed by atoms with Crippen LogP contribution >= 0.6 is 27.3 Å². The maximum atomic E-state index is 12.5. The van der Waals surface area contributed by atoms with E-state index in [1.165, 1.54) is 0 Å². The molecule has 0 radical (unpaired) electrons. The van der Waals surface area contributed by atoms with Gasteiger partial charge in [-0.1, -0.05) is 24.3 Å². The summed E-state index contributed by atoms with van der Waals surface area (Å²) in [5, 5.41) is 1.04. The number of hydrogen-bond donors (Lipinski definition) is 0. The molecule has 0 saturated carbocycles. The van der Waals surface area contributed by atoms with E-state index < -0.39 is 0 Å².